The van der Waals surface area contributed by atoms with Crippen molar-refractivity contribution in [3.05, 3.63) is 47.2 Å². The van der Waals surface area contributed by atoms with E-state index in [0.29, 0.717) is 5.02 Å². The van der Waals surface area contributed by atoms with Crippen molar-refractivity contribution < 1.29 is 5.11 Å². The Balaban J connectivity index is 2.55. The minimum absolute atomic E-state index is 0.104. The lowest BCUT2D eigenvalue weighted by Crippen LogP contribution is -1.84. The summed E-state index contributed by atoms with van der Waals surface area (Å²) in [6.45, 7) is 1.99. The van der Waals surface area contributed by atoms with Gasteiger partial charge in [-0.1, -0.05) is 17.7 Å². The number of hydrogen-bond acceptors (Lipinski definition) is 2. The topological polar surface area (TPSA) is 33.1 Å². The summed E-state index contributed by atoms with van der Waals surface area (Å²) in [5.41, 5.74) is 3.14. The maximum absolute atomic E-state index is 9.32. The number of phenolic OH excluding ortho intramolecular Hbond substituents is 1. The van der Waals surface area contributed by atoms with E-state index in [2.05, 4.69) is 4.98 Å². The average Bonchev–Trinajstić information content (AvgIpc) is 2.23. The Labute approximate surface area is 93.2 Å². The van der Waals surface area contributed by atoms with Gasteiger partial charge in [-0.15, -0.1) is 0 Å². The van der Waals surface area contributed by atoms with Gasteiger partial charge in [0.2, 0.25) is 0 Å². The molecule has 3 heteroatoms. The number of halogens is 1. The van der Waals surface area contributed by atoms with Gasteiger partial charge in [0.25, 0.3) is 0 Å². The number of phenols is 1. The quantitative estimate of drug-likeness (QED) is 0.797. The highest BCUT2D eigenvalue weighted by molar-refractivity contribution is 6.32. The van der Waals surface area contributed by atoms with E-state index in [-0.39, 0.29) is 5.75 Å². The van der Waals surface area contributed by atoms with Crippen LogP contribution in [-0.4, -0.2) is 10.1 Å². The normalized spacial score (nSPS) is 10.3. The molecule has 0 spiro atoms. The van der Waals surface area contributed by atoms with Crippen molar-refractivity contribution in [1.82, 2.24) is 4.98 Å². The highest BCUT2D eigenvalue weighted by Crippen LogP contribution is 2.30. The second kappa shape index (κ2) is 3.91. The first-order valence-corrected chi connectivity index (χ1v) is 4.96. The predicted molar refractivity (Wildman–Crippen MR) is 61.1 cm³/mol. The maximum atomic E-state index is 9.32. The standard InChI is InChI=1S/C12H10ClNO/c1-8-7-14-5-4-10(8)9-2-3-12(15)11(13)6-9/h2-7,15H,1H3. The van der Waals surface area contributed by atoms with Gasteiger partial charge in [-0.05, 0) is 41.8 Å². The van der Waals surface area contributed by atoms with Crippen molar-refractivity contribution in [2.75, 3.05) is 0 Å². The van der Waals surface area contributed by atoms with E-state index in [9.17, 15) is 5.11 Å². The Morgan fingerprint density at radius 3 is 2.73 bits per heavy atom. The zero-order valence-electron chi connectivity index (χ0n) is 8.24. The van der Waals surface area contributed by atoms with E-state index in [1.807, 2.05) is 19.1 Å². The fraction of sp³-hybridized carbons (Fsp3) is 0.0833. The highest BCUT2D eigenvalue weighted by atomic mass is 35.5. The first kappa shape index (κ1) is 9.99. The largest absolute Gasteiger partial charge is 0.506 e. The average molecular weight is 220 g/mol. The van der Waals surface area contributed by atoms with Crippen LogP contribution in [0.4, 0.5) is 0 Å². The molecule has 0 aliphatic heterocycles. The molecule has 2 rings (SSSR count). The summed E-state index contributed by atoms with van der Waals surface area (Å²) >= 11 is 5.85. The fourth-order valence-electron chi connectivity index (χ4n) is 1.47. The van der Waals surface area contributed by atoms with Gasteiger partial charge in [0, 0.05) is 12.4 Å². The first-order chi connectivity index (χ1) is 7.18. The Bertz CT molecular complexity index is 497. The SMILES string of the molecule is Cc1cnccc1-c1ccc(O)c(Cl)c1. The van der Waals surface area contributed by atoms with Crippen LogP contribution in [0.1, 0.15) is 5.56 Å². The molecular weight excluding hydrogens is 210 g/mol. The minimum atomic E-state index is 0.104. The molecule has 0 fully saturated rings. The van der Waals surface area contributed by atoms with Crippen molar-refractivity contribution in [1.29, 1.82) is 0 Å². The zero-order valence-corrected chi connectivity index (χ0v) is 8.99. The van der Waals surface area contributed by atoms with Crippen LogP contribution in [-0.2, 0) is 0 Å². The molecule has 76 valence electrons. The Morgan fingerprint density at radius 1 is 1.27 bits per heavy atom. The summed E-state index contributed by atoms with van der Waals surface area (Å²) in [6, 6.07) is 7.11. The first-order valence-electron chi connectivity index (χ1n) is 4.58. The molecule has 2 nitrogen and oxygen atoms in total. The highest BCUT2D eigenvalue weighted by Gasteiger charge is 2.04. The van der Waals surface area contributed by atoms with E-state index in [1.165, 1.54) is 0 Å². The summed E-state index contributed by atoms with van der Waals surface area (Å²) in [6.07, 6.45) is 3.54. The smallest absolute Gasteiger partial charge is 0.134 e. The number of pyridine rings is 1. The number of aromatic nitrogens is 1. The molecule has 0 aliphatic rings. The number of hydrogen-bond donors (Lipinski definition) is 1. The summed E-state index contributed by atoms with van der Waals surface area (Å²) in [4.78, 5) is 4.03. The Hall–Kier alpha value is -1.54. The number of benzene rings is 1. The van der Waals surface area contributed by atoms with Gasteiger partial charge in [0.15, 0.2) is 0 Å². The van der Waals surface area contributed by atoms with Gasteiger partial charge < -0.3 is 5.11 Å². The molecule has 15 heavy (non-hydrogen) atoms. The van der Waals surface area contributed by atoms with Crippen molar-refractivity contribution >= 4 is 11.6 Å². The minimum Gasteiger partial charge on any atom is -0.506 e. The molecule has 0 radical (unpaired) electrons. The van der Waals surface area contributed by atoms with Crippen LogP contribution in [0.25, 0.3) is 11.1 Å². The third kappa shape index (κ3) is 1.95. The molecule has 1 aromatic heterocycles. The van der Waals surface area contributed by atoms with Crippen LogP contribution < -0.4 is 0 Å². The molecular formula is C12H10ClNO. The van der Waals surface area contributed by atoms with Crippen LogP contribution >= 0.6 is 11.6 Å². The molecule has 0 unspecified atom stereocenters. The van der Waals surface area contributed by atoms with E-state index < -0.39 is 0 Å². The van der Waals surface area contributed by atoms with Crippen LogP contribution in [0.5, 0.6) is 5.75 Å². The number of aryl methyl sites for hydroxylation is 1. The summed E-state index contributed by atoms with van der Waals surface area (Å²) in [5.74, 6) is 0.104. The van der Waals surface area contributed by atoms with Crippen molar-refractivity contribution in [2.24, 2.45) is 0 Å². The molecule has 0 aliphatic carbocycles. The van der Waals surface area contributed by atoms with E-state index in [0.717, 1.165) is 16.7 Å². The Kier molecular flexibility index (Phi) is 2.60. The lowest BCUT2D eigenvalue weighted by atomic mass is 10.0. The second-order valence-electron chi connectivity index (χ2n) is 3.36. The molecule has 0 saturated heterocycles. The molecule has 0 amide bonds. The van der Waals surface area contributed by atoms with Crippen LogP contribution in [0.3, 0.4) is 0 Å². The molecule has 0 atom stereocenters. The lowest BCUT2D eigenvalue weighted by molar-refractivity contribution is 0.475. The molecule has 1 N–H and O–H groups in total. The van der Waals surface area contributed by atoms with E-state index >= 15 is 0 Å². The number of rotatable bonds is 1. The Morgan fingerprint density at radius 2 is 2.07 bits per heavy atom. The number of nitrogens with zero attached hydrogens (tertiary/aromatic N) is 1. The fourth-order valence-corrected chi connectivity index (χ4v) is 1.65. The zero-order chi connectivity index (χ0) is 10.8. The van der Waals surface area contributed by atoms with Gasteiger partial charge in [-0.2, -0.15) is 0 Å². The van der Waals surface area contributed by atoms with Crippen LogP contribution in [0.15, 0.2) is 36.7 Å². The predicted octanol–water partition coefficient (Wildman–Crippen LogP) is 3.42. The van der Waals surface area contributed by atoms with Gasteiger partial charge in [0.1, 0.15) is 5.75 Å². The van der Waals surface area contributed by atoms with E-state index in [4.69, 9.17) is 11.6 Å². The van der Waals surface area contributed by atoms with Crippen LogP contribution in [0, 0.1) is 6.92 Å². The summed E-state index contributed by atoms with van der Waals surface area (Å²) in [7, 11) is 0. The van der Waals surface area contributed by atoms with Gasteiger partial charge in [0.05, 0.1) is 5.02 Å². The molecule has 2 aromatic rings. The molecule has 0 saturated carbocycles. The maximum Gasteiger partial charge on any atom is 0.134 e. The summed E-state index contributed by atoms with van der Waals surface area (Å²) < 4.78 is 0. The van der Waals surface area contributed by atoms with Crippen molar-refractivity contribution in [3.63, 3.8) is 0 Å². The molecule has 1 heterocycles. The third-order valence-corrected chi connectivity index (χ3v) is 2.58. The molecule has 0 bridgehead atoms. The van der Waals surface area contributed by atoms with Crippen LogP contribution in [0.2, 0.25) is 5.02 Å². The number of aromatic hydroxyl groups is 1. The molecule has 1 aromatic carbocycles. The van der Waals surface area contributed by atoms with Gasteiger partial charge >= 0.3 is 0 Å². The van der Waals surface area contributed by atoms with Crippen molar-refractivity contribution in [3.8, 4) is 16.9 Å². The van der Waals surface area contributed by atoms with Gasteiger partial charge in [-0.3, -0.25) is 4.98 Å². The van der Waals surface area contributed by atoms with Crippen molar-refractivity contribution in [2.45, 2.75) is 6.92 Å². The van der Waals surface area contributed by atoms with E-state index in [1.54, 1.807) is 24.5 Å². The van der Waals surface area contributed by atoms with Gasteiger partial charge in [-0.25, -0.2) is 0 Å². The monoisotopic (exact) mass is 219 g/mol. The summed E-state index contributed by atoms with van der Waals surface area (Å²) in [5, 5.41) is 9.68. The second-order valence-corrected chi connectivity index (χ2v) is 3.76. The lowest BCUT2D eigenvalue weighted by Gasteiger charge is -2.06. The third-order valence-electron chi connectivity index (χ3n) is 2.28.